The summed E-state index contributed by atoms with van der Waals surface area (Å²) in [6, 6.07) is 10.1. The first-order chi connectivity index (χ1) is 10.1. The van der Waals surface area contributed by atoms with Crippen LogP contribution in [0.3, 0.4) is 0 Å². The summed E-state index contributed by atoms with van der Waals surface area (Å²) in [4.78, 5) is 0.0500. The summed E-state index contributed by atoms with van der Waals surface area (Å²) in [6.45, 7) is 0. The molecule has 21 heavy (non-hydrogen) atoms. The van der Waals surface area contributed by atoms with E-state index in [4.69, 9.17) is 0 Å². The highest BCUT2D eigenvalue weighted by molar-refractivity contribution is 7.86. The largest absolute Gasteiger partial charge is 0.358 e. The predicted octanol–water partition coefficient (Wildman–Crippen LogP) is 3.24. The molecular weight excluding hydrogens is 288 g/mol. The van der Waals surface area contributed by atoms with Crippen molar-refractivity contribution in [1.29, 1.82) is 5.26 Å². The van der Waals surface area contributed by atoms with E-state index in [9.17, 15) is 13.7 Å². The minimum atomic E-state index is -3.91. The van der Waals surface area contributed by atoms with Gasteiger partial charge in [0, 0.05) is 0 Å². The summed E-state index contributed by atoms with van der Waals surface area (Å²) in [5.41, 5.74) is -0.706. The second-order valence-corrected chi connectivity index (χ2v) is 6.79. The van der Waals surface area contributed by atoms with E-state index < -0.39 is 15.5 Å². The Morgan fingerprint density at radius 1 is 1.14 bits per heavy atom. The molecule has 112 valence electrons. The van der Waals surface area contributed by atoms with Gasteiger partial charge in [0.2, 0.25) is 0 Å². The maximum atomic E-state index is 11.9. The van der Waals surface area contributed by atoms with Crippen LogP contribution in [0.15, 0.2) is 40.4 Å². The predicted molar refractivity (Wildman–Crippen MR) is 79.0 cm³/mol. The van der Waals surface area contributed by atoms with Crippen molar-refractivity contribution in [3.8, 4) is 6.07 Å². The lowest BCUT2D eigenvalue weighted by molar-refractivity contribution is 0.332. The highest BCUT2D eigenvalue weighted by atomic mass is 32.2. The summed E-state index contributed by atoms with van der Waals surface area (Å²) in [5, 5.41) is 13.0. The average molecular weight is 306 g/mol. The summed E-state index contributed by atoms with van der Waals surface area (Å²) < 4.78 is 28.5. The molecule has 0 bridgehead atoms. The molecule has 2 rings (SSSR count). The van der Waals surface area contributed by atoms with Crippen LogP contribution in [0.25, 0.3) is 0 Å². The molecule has 0 aromatic heterocycles. The fourth-order valence-electron chi connectivity index (χ4n) is 2.44. The van der Waals surface area contributed by atoms with Gasteiger partial charge in [0.25, 0.3) is 0 Å². The van der Waals surface area contributed by atoms with Gasteiger partial charge in [-0.1, -0.05) is 49.0 Å². The Labute approximate surface area is 125 Å². The number of nitrogens with zero attached hydrogens (tertiary/aromatic N) is 2. The molecule has 1 aliphatic carbocycles. The minimum absolute atomic E-state index is 0.0500. The van der Waals surface area contributed by atoms with Crippen molar-refractivity contribution in [1.82, 2.24) is 0 Å². The molecule has 5 nitrogen and oxygen atoms in total. The van der Waals surface area contributed by atoms with E-state index in [1.807, 2.05) is 0 Å². The minimum Gasteiger partial charge on any atom is -0.265 e. The number of nitriles is 1. The molecule has 0 saturated heterocycles. The van der Waals surface area contributed by atoms with Crippen molar-refractivity contribution in [2.75, 3.05) is 0 Å². The monoisotopic (exact) mass is 306 g/mol. The summed E-state index contributed by atoms with van der Waals surface area (Å²) >= 11 is 0. The van der Waals surface area contributed by atoms with Crippen LogP contribution in [-0.2, 0) is 14.4 Å². The maximum Gasteiger partial charge on any atom is 0.358 e. The van der Waals surface area contributed by atoms with E-state index in [1.165, 1.54) is 18.3 Å². The van der Waals surface area contributed by atoms with Gasteiger partial charge in [-0.25, -0.2) is 0 Å². The molecule has 6 heteroatoms. The van der Waals surface area contributed by atoms with E-state index in [0.29, 0.717) is 12.8 Å². The second-order valence-electron chi connectivity index (χ2n) is 5.26. The van der Waals surface area contributed by atoms with Crippen LogP contribution in [0.2, 0.25) is 0 Å². The van der Waals surface area contributed by atoms with Crippen LogP contribution in [-0.4, -0.2) is 14.6 Å². The number of rotatable bonds is 4. The smallest absolute Gasteiger partial charge is 0.265 e. The third-order valence-electron chi connectivity index (χ3n) is 3.69. The van der Waals surface area contributed by atoms with Crippen molar-refractivity contribution < 1.29 is 12.7 Å². The number of benzene rings is 1. The molecule has 0 amide bonds. The van der Waals surface area contributed by atoms with E-state index in [-0.39, 0.29) is 4.90 Å². The molecule has 0 spiro atoms. The Balaban J connectivity index is 2.09. The van der Waals surface area contributed by atoms with Gasteiger partial charge >= 0.3 is 10.1 Å². The Kier molecular flexibility index (Phi) is 4.97. The lowest BCUT2D eigenvalue weighted by Crippen LogP contribution is -2.19. The van der Waals surface area contributed by atoms with Crippen molar-refractivity contribution in [3.63, 3.8) is 0 Å². The van der Waals surface area contributed by atoms with Gasteiger partial charge in [0.05, 0.1) is 17.7 Å². The molecule has 1 saturated carbocycles. The average Bonchev–Trinajstić information content (AvgIpc) is 2.74. The zero-order valence-corrected chi connectivity index (χ0v) is 12.6. The quantitative estimate of drug-likeness (QED) is 0.486. The highest BCUT2D eigenvalue weighted by Gasteiger charge is 2.29. The van der Waals surface area contributed by atoms with Crippen LogP contribution in [0.4, 0.5) is 0 Å². The number of oxime groups is 1. The molecule has 1 aliphatic rings. The topological polar surface area (TPSA) is 79.5 Å². The van der Waals surface area contributed by atoms with Crippen LogP contribution >= 0.6 is 0 Å². The second kappa shape index (κ2) is 6.72. The van der Waals surface area contributed by atoms with E-state index in [2.05, 4.69) is 15.5 Å². The fourth-order valence-corrected chi connectivity index (χ4v) is 3.17. The zero-order valence-electron chi connectivity index (χ0n) is 11.7. The Bertz CT molecular complexity index is 625. The zero-order chi connectivity index (χ0) is 15.2. The van der Waals surface area contributed by atoms with E-state index in [0.717, 1.165) is 25.7 Å². The van der Waals surface area contributed by atoms with Crippen molar-refractivity contribution in [2.45, 2.75) is 43.4 Å². The van der Waals surface area contributed by atoms with Gasteiger partial charge < -0.3 is 0 Å². The summed E-state index contributed by atoms with van der Waals surface area (Å²) in [5.74, 6) is 0. The summed E-state index contributed by atoms with van der Waals surface area (Å²) in [7, 11) is -3.91. The number of hydrogen-bond acceptors (Lipinski definition) is 5. The van der Waals surface area contributed by atoms with Crippen molar-refractivity contribution >= 4 is 16.3 Å². The first kappa shape index (κ1) is 15.5. The Morgan fingerprint density at radius 3 is 2.33 bits per heavy atom. The standard InChI is InChI=1S/C15H18N2O3S/c16-12-15(10-6-1-2-7-11-15)13-17-20-21(18,19)14-8-4-3-5-9-14/h3-5,8-9,13H,1-2,6-7,10-11H2/b17-13+. The van der Waals surface area contributed by atoms with Crippen LogP contribution < -0.4 is 0 Å². The van der Waals surface area contributed by atoms with Gasteiger partial charge in [0.1, 0.15) is 4.90 Å². The molecule has 0 aliphatic heterocycles. The molecule has 0 heterocycles. The maximum absolute atomic E-state index is 11.9. The highest BCUT2D eigenvalue weighted by Crippen LogP contribution is 2.32. The Hall–Kier alpha value is -1.87. The first-order valence-corrected chi connectivity index (χ1v) is 8.43. The van der Waals surface area contributed by atoms with Crippen molar-refractivity contribution in [3.05, 3.63) is 30.3 Å². The third kappa shape index (κ3) is 4.05. The van der Waals surface area contributed by atoms with Gasteiger partial charge in [-0.2, -0.15) is 13.7 Å². The molecule has 0 atom stereocenters. The van der Waals surface area contributed by atoms with E-state index >= 15 is 0 Å². The van der Waals surface area contributed by atoms with Crippen LogP contribution in [0.1, 0.15) is 38.5 Å². The first-order valence-electron chi connectivity index (χ1n) is 7.02. The third-order valence-corrected chi connectivity index (χ3v) is 4.82. The molecule has 1 aromatic carbocycles. The SMILES string of the molecule is N#CC1(/C=N/OS(=O)(=O)c2ccccc2)CCCCCC1. The van der Waals surface area contributed by atoms with Gasteiger partial charge in [-0.15, -0.1) is 0 Å². The van der Waals surface area contributed by atoms with Crippen molar-refractivity contribution in [2.24, 2.45) is 10.6 Å². The van der Waals surface area contributed by atoms with Gasteiger partial charge in [0.15, 0.2) is 0 Å². The van der Waals surface area contributed by atoms with E-state index in [1.54, 1.807) is 18.2 Å². The Morgan fingerprint density at radius 2 is 1.76 bits per heavy atom. The molecule has 0 radical (unpaired) electrons. The molecule has 1 fully saturated rings. The molecule has 0 unspecified atom stereocenters. The lowest BCUT2D eigenvalue weighted by Gasteiger charge is -2.18. The lowest BCUT2D eigenvalue weighted by atomic mass is 9.83. The van der Waals surface area contributed by atoms with Crippen LogP contribution in [0.5, 0.6) is 0 Å². The van der Waals surface area contributed by atoms with Crippen LogP contribution in [0, 0.1) is 16.7 Å². The number of hydrogen-bond donors (Lipinski definition) is 0. The fraction of sp³-hybridized carbons (Fsp3) is 0.467. The molecular formula is C15H18N2O3S. The normalized spacial score (nSPS) is 18.8. The summed E-state index contributed by atoms with van der Waals surface area (Å²) in [6.07, 6.45) is 6.85. The van der Waals surface area contributed by atoms with Gasteiger partial charge in [-0.3, -0.25) is 4.28 Å². The molecule has 0 N–H and O–H groups in total. The molecule has 1 aromatic rings. The van der Waals surface area contributed by atoms with Gasteiger partial charge in [-0.05, 0) is 25.0 Å².